The van der Waals surface area contributed by atoms with Crippen molar-refractivity contribution >= 4 is 23.7 Å². The zero-order valence-electron chi connectivity index (χ0n) is 11.7. The quantitative estimate of drug-likeness (QED) is 0.514. The summed E-state index contributed by atoms with van der Waals surface area (Å²) in [7, 11) is 0. The van der Waals surface area contributed by atoms with E-state index in [9.17, 15) is 9.59 Å². The standard InChI is InChI=1S/C15H15N3O3/c1-10-3-6-12(7-4-10)17-14(19)15(20)18-16-9-13-8-5-11(2)21-13/h3-9H,1-2H3,(H,17,19)(H,18,20)/b16-9+. The molecule has 0 fully saturated rings. The minimum atomic E-state index is -0.852. The molecular formula is C15H15N3O3. The largest absolute Gasteiger partial charge is 0.460 e. The number of furan rings is 1. The van der Waals surface area contributed by atoms with Crippen molar-refractivity contribution in [2.24, 2.45) is 5.10 Å². The number of rotatable bonds is 3. The van der Waals surface area contributed by atoms with Crippen LogP contribution in [0.15, 0.2) is 45.9 Å². The van der Waals surface area contributed by atoms with Crippen LogP contribution in [-0.2, 0) is 9.59 Å². The van der Waals surface area contributed by atoms with E-state index in [1.165, 1.54) is 6.21 Å². The van der Waals surface area contributed by atoms with E-state index in [-0.39, 0.29) is 0 Å². The molecule has 1 aromatic carbocycles. The molecule has 0 atom stereocenters. The van der Waals surface area contributed by atoms with E-state index < -0.39 is 11.8 Å². The molecule has 21 heavy (non-hydrogen) atoms. The second-order valence-electron chi connectivity index (χ2n) is 4.47. The van der Waals surface area contributed by atoms with E-state index in [0.717, 1.165) is 11.3 Å². The molecule has 0 aliphatic rings. The Labute approximate surface area is 121 Å². The Bertz CT molecular complexity index is 672. The van der Waals surface area contributed by atoms with Crippen LogP contribution in [0.4, 0.5) is 5.69 Å². The molecule has 0 saturated heterocycles. The fourth-order valence-corrected chi connectivity index (χ4v) is 1.55. The molecule has 0 bridgehead atoms. The minimum Gasteiger partial charge on any atom is -0.460 e. The lowest BCUT2D eigenvalue weighted by molar-refractivity contribution is -0.136. The van der Waals surface area contributed by atoms with Gasteiger partial charge in [0.25, 0.3) is 0 Å². The highest BCUT2D eigenvalue weighted by atomic mass is 16.3. The smallest absolute Gasteiger partial charge is 0.329 e. The van der Waals surface area contributed by atoms with Crippen LogP contribution in [0.3, 0.4) is 0 Å². The molecule has 0 aliphatic carbocycles. The lowest BCUT2D eigenvalue weighted by Crippen LogP contribution is -2.32. The summed E-state index contributed by atoms with van der Waals surface area (Å²) in [5.41, 5.74) is 3.74. The van der Waals surface area contributed by atoms with Gasteiger partial charge in [0.05, 0.1) is 6.21 Å². The molecule has 2 N–H and O–H groups in total. The maximum atomic E-state index is 11.6. The molecule has 0 spiro atoms. The third-order valence-electron chi connectivity index (χ3n) is 2.63. The normalized spacial score (nSPS) is 10.6. The van der Waals surface area contributed by atoms with E-state index >= 15 is 0 Å². The molecule has 6 nitrogen and oxygen atoms in total. The van der Waals surface area contributed by atoms with E-state index in [2.05, 4.69) is 15.8 Å². The van der Waals surface area contributed by atoms with Crippen molar-refractivity contribution in [1.82, 2.24) is 5.43 Å². The van der Waals surface area contributed by atoms with Gasteiger partial charge in [-0.1, -0.05) is 17.7 Å². The second kappa shape index (κ2) is 6.51. The molecule has 0 radical (unpaired) electrons. The third kappa shape index (κ3) is 4.31. The number of nitrogens with zero attached hydrogens (tertiary/aromatic N) is 1. The van der Waals surface area contributed by atoms with Crippen LogP contribution >= 0.6 is 0 Å². The number of nitrogens with one attached hydrogen (secondary N) is 2. The lowest BCUT2D eigenvalue weighted by Gasteiger charge is -2.03. The van der Waals surface area contributed by atoms with Crippen molar-refractivity contribution in [2.45, 2.75) is 13.8 Å². The predicted octanol–water partition coefficient (Wildman–Crippen LogP) is 1.99. The molecule has 2 aromatic rings. The fourth-order valence-electron chi connectivity index (χ4n) is 1.55. The molecule has 0 saturated carbocycles. The summed E-state index contributed by atoms with van der Waals surface area (Å²) >= 11 is 0. The van der Waals surface area contributed by atoms with Gasteiger partial charge in [0.1, 0.15) is 11.5 Å². The van der Waals surface area contributed by atoms with Gasteiger partial charge >= 0.3 is 11.8 Å². The van der Waals surface area contributed by atoms with Crippen LogP contribution in [0.25, 0.3) is 0 Å². The van der Waals surface area contributed by atoms with Gasteiger partial charge in [-0.05, 0) is 38.1 Å². The van der Waals surface area contributed by atoms with Gasteiger partial charge in [0.15, 0.2) is 0 Å². The summed E-state index contributed by atoms with van der Waals surface area (Å²) in [5, 5.41) is 6.13. The first kappa shape index (κ1) is 14.5. The maximum absolute atomic E-state index is 11.6. The lowest BCUT2D eigenvalue weighted by atomic mass is 10.2. The number of benzene rings is 1. The number of aryl methyl sites for hydroxylation is 2. The number of hydrazone groups is 1. The van der Waals surface area contributed by atoms with Crippen molar-refractivity contribution in [3.63, 3.8) is 0 Å². The van der Waals surface area contributed by atoms with Gasteiger partial charge in [0, 0.05) is 5.69 Å². The Balaban J connectivity index is 1.86. The zero-order valence-corrected chi connectivity index (χ0v) is 11.7. The van der Waals surface area contributed by atoms with Crippen molar-refractivity contribution in [3.8, 4) is 0 Å². The number of carbonyl (C=O) groups excluding carboxylic acids is 2. The monoisotopic (exact) mass is 285 g/mol. The SMILES string of the molecule is Cc1ccc(NC(=O)C(=O)N/N=C/c2ccc(C)o2)cc1. The number of anilines is 1. The Morgan fingerprint density at radius 3 is 2.38 bits per heavy atom. The van der Waals surface area contributed by atoms with E-state index in [1.54, 1.807) is 31.2 Å². The van der Waals surface area contributed by atoms with Gasteiger partial charge in [-0.25, -0.2) is 5.43 Å². The highest BCUT2D eigenvalue weighted by molar-refractivity contribution is 6.39. The summed E-state index contributed by atoms with van der Waals surface area (Å²) in [4.78, 5) is 23.2. The van der Waals surface area contributed by atoms with Gasteiger partial charge in [-0.2, -0.15) is 5.10 Å². The summed E-state index contributed by atoms with van der Waals surface area (Å²) in [6, 6.07) is 10.6. The van der Waals surface area contributed by atoms with Gasteiger partial charge in [0.2, 0.25) is 0 Å². The molecular weight excluding hydrogens is 270 g/mol. The van der Waals surface area contributed by atoms with E-state index in [0.29, 0.717) is 11.4 Å². The number of amides is 2. The summed E-state index contributed by atoms with van der Waals surface area (Å²) < 4.78 is 5.23. The number of carbonyl (C=O) groups is 2. The average molecular weight is 285 g/mol. The first-order chi connectivity index (χ1) is 10.0. The highest BCUT2D eigenvalue weighted by Gasteiger charge is 2.12. The molecule has 2 rings (SSSR count). The summed E-state index contributed by atoms with van der Waals surface area (Å²) in [6.45, 7) is 3.73. The van der Waals surface area contributed by atoms with Crippen molar-refractivity contribution in [3.05, 3.63) is 53.5 Å². The topological polar surface area (TPSA) is 83.7 Å². The van der Waals surface area contributed by atoms with Crippen LogP contribution in [-0.4, -0.2) is 18.0 Å². The Kier molecular flexibility index (Phi) is 4.50. The Morgan fingerprint density at radius 2 is 1.76 bits per heavy atom. The minimum absolute atomic E-state index is 0.492. The number of hydrogen-bond acceptors (Lipinski definition) is 4. The Morgan fingerprint density at radius 1 is 1.05 bits per heavy atom. The van der Waals surface area contributed by atoms with E-state index in [4.69, 9.17) is 4.42 Å². The molecule has 0 unspecified atom stereocenters. The summed E-state index contributed by atoms with van der Waals surface area (Å²) in [6.07, 6.45) is 1.32. The number of hydrogen-bond donors (Lipinski definition) is 2. The average Bonchev–Trinajstić information content (AvgIpc) is 2.87. The van der Waals surface area contributed by atoms with Gasteiger partial charge in [-0.15, -0.1) is 0 Å². The van der Waals surface area contributed by atoms with Crippen molar-refractivity contribution in [2.75, 3.05) is 5.32 Å². The molecule has 0 aliphatic heterocycles. The molecule has 2 amide bonds. The Hall–Kier alpha value is -2.89. The van der Waals surface area contributed by atoms with Crippen LogP contribution in [0.5, 0.6) is 0 Å². The molecule has 6 heteroatoms. The van der Waals surface area contributed by atoms with Crippen LogP contribution in [0.1, 0.15) is 17.1 Å². The first-order valence-corrected chi connectivity index (χ1v) is 6.32. The third-order valence-corrected chi connectivity index (χ3v) is 2.63. The van der Waals surface area contributed by atoms with Gasteiger partial charge in [-0.3, -0.25) is 9.59 Å². The van der Waals surface area contributed by atoms with Crippen molar-refractivity contribution in [1.29, 1.82) is 0 Å². The summed E-state index contributed by atoms with van der Waals surface area (Å²) in [5.74, 6) is -0.409. The van der Waals surface area contributed by atoms with Crippen LogP contribution < -0.4 is 10.7 Å². The molecule has 1 heterocycles. The van der Waals surface area contributed by atoms with Crippen molar-refractivity contribution < 1.29 is 14.0 Å². The first-order valence-electron chi connectivity index (χ1n) is 6.32. The maximum Gasteiger partial charge on any atom is 0.329 e. The second-order valence-corrected chi connectivity index (χ2v) is 4.47. The molecule has 108 valence electrons. The van der Waals surface area contributed by atoms with Gasteiger partial charge < -0.3 is 9.73 Å². The highest BCUT2D eigenvalue weighted by Crippen LogP contribution is 2.08. The molecule has 1 aromatic heterocycles. The van der Waals surface area contributed by atoms with E-state index in [1.807, 2.05) is 19.1 Å². The van der Waals surface area contributed by atoms with Crippen LogP contribution in [0.2, 0.25) is 0 Å². The zero-order chi connectivity index (χ0) is 15.2. The fraction of sp³-hybridized carbons (Fsp3) is 0.133. The predicted molar refractivity (Wildman–Crippen MR) is 79.0 cm³/mol. The van der Waals surface area contributed by atoms with Crippen LogP contribution in [0, 0.1) is 13.8 Å².